The van der Waals surface area contributed by atoms with Crippen LogP contribution in [-0.2, 0) is 5.41 Å². The minimum atomic E-state index is -0.512. The Morgan fingerprint density at radius 1 is 0.235 bits per heavy atom. The van der Waals surface area contributed by atoms with E-state index in [-0.39, 0.29) is 0 Å². The van der Waals surface area contributed by atoms with Crippen LogP contribution in [0.1, 0.15) is 22.3 Å². The van der Waals surface area contributed by atoms with Gasteiger partial charge in [-0.25, -0.2) is 0 Å². The quantitative estimate of drug-likeness (QED) is 0.131. The molecule has 0 fully saturated rings. The number of nitrogens with zero attached hydrogens (tertiary/aromatic N) is 2. The Bertz CT molecular complexity index is 5190. The second kappa shape index (κ2) is 19.6. The molecule has 1 aliphatic carbocycles. The van der Waals surface area contributed by atoms with Gasteiger partial charge in [0.2, 0.25) is 0 Å². The molecule has 85 heavy (non-hydrogen) atoms. The molecule has 0 N–H and O–H groups in total. The van der Waals surface area contributed by atoms with Crippen molar-refractivity contribution in [2.24, 2.45) is 0 Å². The topological polar surface area (TPSA) is 8.17 Å². The van der Waals surface area contributed by atoms with E-state index in [4.69, 9.17) is 0 Å². The lowest BCUT2D eigenvalue weighted by molar-refractivity contribution is 0.768. The van der Waals surface area contributed by atoms with E-state index in [9.17, 15) is 0 Å². The maximum atomic E-state index is 2.45. The first-order valence-corrected chi connectivity index (χ1v) is 29.5. The number of hydrogen-bond acceptors (Lipinski definition) is 1. The van der Waals surface area contributed by atoms with Gasteiger partial charge in [-0.15, -0.1) is 0 Å². The average Bonchev–Trinajstić information content (AvgIpc) is 2.02. The molecule has 17 rings (SSSR count). The predicted molar refractivity (Wildman–Crippen MR) is 359 cm³/mol. The van der Waals surface area contributed by atoms with Crippen molar-refractivity contribution in [2.45, 2.75) is 5.41 Å². The van der Waals surface area contributed by atoms with Crippen molar-refractivity contribution in [3.8, 4) is 50.2 Å². The van der Waals surface area contributed by atoms with Crippen LogP contribution in [0, 0.1) is 0 Å². The molecule has 0 bridgehead atoms. The molecule has 1 aromatic heterocycles. The fraction of sp³-hybridized carbons (Fsp3) is 0.0120. The Balaban J connectivity index is 0.782. The Morgan fingerprint density at radius 3 is 1.33 bits per heavy atom. The van der Waals surface area contributed by atoms with Crippen molar-refractivity contribution in [3.63, 3.8) is 0 Å². The van der Waals surface area contributed by atoms with Crippen molar-refractivity contribution in [1.82, 2.24) is 4.57 Å². The summed E-state index contributed by atoms with van der Waals surface area (Å²) < 4.78 is 2.45. The normalized spacial score (nSPS) is 12.6. The number of benzene rings is 15. The number of anilines is 3. The van der Waals surface area contributed by atoms with Crippen molar-refractivity contribution < 1.29 is 0 Å². The monoisotopic (exact) mass is 1080 g/mol. The third kappa shape index (κ3) is 7.66. The molecule has 396 valence electrons. The van der Waals surface area contributed by atoms with Crippen LogP contribution in [0.15, 0.2) is 328 Å². The van der Waals surface area contributed by atoms with Gasteiger partial charge in [0, 0.05) is 33.5 Å². The van der Waals surface area contributed by atoms with E-state index in [2.05, 4.69) is 337 Å². The molecule has 1 aliphatic rings. The predicted octanol–water partition coefficient (Wildman–Crippen LogP) is 22.2. The zero-order valence-electron chi connectivity index (χ0n) is 46.6. The molecule has 0 unspecified atom stereocenters. The lowest BCUT2D eigenvalue weighted by Gasteiger charge is -2.35. The first-order valence-electron chi connectivity index (χ1n) is 29.5. The SMILES string of the molecule is c1ccc(N(c2ccc(-c3ccc4c(c3)c3cc(-c5cccc6ccccc56)ccc3n4-c3ccc(-c4ccc5c6ccccc6c6ccccc6c5c4)cc3)cc2)c2ccc3c(c2)C(c2ccccc2)(c2ccccc2)c2ccccc2-3)cc1. The fourth-order valence-corrected chi connectivity index (χ4v) is 14.4. The van der Waals surface area contributed by atoms with Crippen molar-refractivity contribution in [2.75, 3.05) is 4.90 Å². The maximum absolute atomic E-state index is 2.45. The Morgan fingerprint density at radius 2 is 0.671 bits per heavy atom. The van der Waals surface area contributed by atoms with Gasteiger partial charge >= 0.3 is 0 Å². The molecular weight excluding hydrogens is 1020 g/mol. The summed E-state index contributed by atoms with van der Waals surface area (Å²) in [6, 6.07) is 121. The minimum absolute atomic E-state index is 0.512. The third-order valence-corrected chi connectivity index (χ3v) is 18.2. The van der Waals surface area contributed by atoms with Crippen molar-refractivity contribution in [3.05, 3.63) is 350 Å². The summed E-state index contributed by atoms with van der Waals surface area (Å²) in [7, 11) is 0. The van der Waals surface area contributed by atoms with Crippen molar-refractivity contribution >= 4 is 82.0 Å². The first-order chi connectivity index (χ1) is 42.2. The molecule has 15 aromatic carbocycles. The molecule has 0 radical (unpaired) electrons. The summed E-state index contributed by atoms with van der Waals surface area (Å²) in [5.41, 5.74) is 21.0. The van der Waals surface area contributed by atoms with E-state index in [1.54, 1.807) is 0 Å². The van der Waals surface area contributed by atoms with Gasteiger partial charge in [-0.1, -0.05) is 249 Å². The van der Waals surface area contributed by atoms with Gasteiger partial charge in [0.15, 0.2) is 0 Å². The number of rotatable bonds is 9. The van der Waals surface area contributed by atoms with Crippen LogP contribution >= 0.6 is 0 Å². The summed E-state index contributed by atoms with van der Waals surface area (Å²) in [5.74, 6) is 0. The van der Waals surface area contributed by atoms with Gasteiger partial charge in [-0.2, -0.15) is 0 Å². The first kappa shape index (κ1) is 48.6. The van der Waals surface area contributed by atoms with Crippen LogP contribution < -0.4 is 4.90 Å². The van der Waals surface area contributed by atoms with Gasteiger partial charge in [-0.3, -0.25) is 0 Å². The largest absolute Gasteiger partial charge is 0.310 e. The summed E-state index contributed by atoms with van der Waals surface area (Å²) in [6.07, 6.45) is 0. The van der Waals surface area contributed by atoms with Crippen LogP contribution in [0.4, 0.5) is 17.1 Å². The van der Waals surface area contributed by atoms with Crippen LogP contribution in [-0.4, -0.2) is 4.57 Å². The summed E-state index contributed by atoms with van der Waals surface area (Å²) >= 11 is 0. The van der Waals surface area contributed by atoms with Crippen LogP contribution in [0.2, 0.25) is 0 Å². The molecule has 2 heteroatoms. The second-order valence-electron chi connectivity index (χ2n) is 22.7. The number of fused-ring (bicyclic) bond motifs is 13. The summed E-state index contributed by atoms with van der Waals surface area (Å²) in [4.78, 5) is 2.41. The van der Waals surface area contributed by atoms with Crippen molar-refractivity contribution in [1.29, 1.82) is 0 Å². The van der Waals surface area contributed by atoms with Crippen LogP contribution in [0.5, 0.6) is 0 Å². The van der Waals surface area contributed by atoms with E-state index in [0.717, 1.165) is 33.9 Å². The van der Waals surface area contributed by atoms with Gasteiger partial charge in [0.05, 0.1) is 16.4 Å². The molecule has 0 amide bonds. The zero-order valence-corrected chi connectivity index (χ0v) is 46.6. The smallest absolute Gasteiger partial charge is 0.0714 e. The standard InChI is InChI=1S/C83H54N2/c1-4-21-61(22-5-1)83(62-23-6-2-7-24-62)79-34-17-16-32-74(79)75-48-46-66(54-80(75)83)84(63-25-8-3-9-26-63)64-42-35-56(36-43-64)59-40-49-81-77(52-59)78-53-60(68-33-18-20-57-19-10-11-27-67(57)68)41-50-82(78)85(81)65-44-37-55(38-45-65)58-39-47-73-71-30-13-12-28-69(71)70-29-14-15-31-72(70)76(73)51-58/h1-54H. The minimum Gasteiger partial charge on any atom is -0.310 e. The maximum Gasteiger partial charge on any atom is 0.0714 e. The molecule has 1 heterocycles. The second-order valence-corrected chi connectivity index (χ2v) is 22.7. The van der Waals surface area contributed by atoms with E-state index in [1.165, 1.54) is 121 Å². The summed E-state index contributed by atoms with van der Waals surface area (Å²) in [6.45, 7) is 0. The van der Waals surface area contributed by atoms with Gasteiger partial charge in [-0.05, 0) is 189 Å². The highest BCUT2D eigenvalue weighted by atomic mass is 15.1. The molecule has 0 atom stereocenters. The Hall–Kier alpha value is -11.1. The summed E-state index contributed by atoms with van der Waals surface area (Å²) in [5, 5.41) is 12.6. The molecule has 0 saturated carbocycles. The number of para-hydroxylation sites is 1. The van der Waals surface area contributed by atoms with E-state index in [1.807, 2.05) is 0 Å². The molecular formula is C83H54N2. The van der Waals surface area contributed by atoms with Crippen LogP contribution in [0.25, 0.3) is 115 Å². The zero-order chi connectivity index (χ0) is 56.0. The average molecular weight is 1080 g/mol. The number of aromatic nitrogens is 1. The molecule has 16 aromatic rings. The van der Waals surface area contributed by atoms with E-state index in [0.29, 0.717) is 0 Å². The third-order valence-electron chi connectivity index (χ3n) is 18.2. The van der Waals surface area contributed by atoms with Gasteiger partial charge < -0.3 is 9.47 Å². The lowest BCUT2D eigenvalue weighted by atomic mass is 9.67. The Kier molecular flexibility index (Phi) is 11.2. The van der Waals surface area contributed by atoms with Gasteiger partial charge in [0.1, 0.15) is 0 Å². The fourth-order valence-electron chi connectivity index (χ4n) is 14.4. The van der Waals surface area contributed by atoms with Crippen LogP contribution in [0.3, 0.4) is 0 Å². The molecule has 2 nitrogen and oxygen atoms in total. The molecule has 0 saturated heterocycles. The highest BCUT2D eigenvalue weighted by Gasteiger charge is 2.46. The highest BCUT2D eigenvalue weighted by molar-refractivity contribution is 6.26. The molecule has 0 spiro atoms. The highest BCUT2D eigenvalue weighted by Crippen LogP contribution is 2.57. The lowest BCUT2D eigenvalue weighted by Crippen LogP contribution is -2.28. The van der Waals surface area contributed by atoms with E-state index < -0.39 is 5.41 Å². The Labute approximate surface area is 494 Å². The molecule has 0 aliphatic heterocycles. The van der Waals surface area contributed by atoms with E-state index >= 15 is 0 Å². The number of hydrogen-bond donors (Lipinski definition) is 0. The van der Waals surface area contributed by atoms with Gasteiger partial charge in [0.25, 0.3) is 0 Å².